The molecule has 0 aliphatic carbocycles. The maximum atomic E-state index is 12.9. The minimum absolute atomic E-state index is 0.0447. The first kappa shape index (κ1) is 18.2. The summed E-state index contributed by atoms with van der Waals surface area (Å²) < 4.78 is 32.3. The Morgan fingerprint density at radius 1 is 1.17 bits per heavy atom. The first-order valence-corrected chi connectivity index (χ1v) is 9.19. The molecule has 0 bridgehead atoms. The lowest BCUT2D eigenvalue weighted by Gasteiger charge is -2.22. The fourth-order valence-corrected chi connectivity index (χ4v) is 3.72. The fourth-order valence-electron chi connectivity index (χ4n) is 2.31. The molecule has 0 unspecified atom stereocenters. The van der Waals surface area contributed by atoms with Crippen molar-refractivity contribution < 1.29 is 12.8 Å². The second-order valence-corrected chi connectivity index (χ2v) is 8.54. The Bertz CT molecular complexity index is 795. The molecule has 0 spiro atoms. The van der Waals surface area contributed by atoms with Gasteiger partial charge < -0.3 is 4.42 Å². The van der Waals surface area contributed by atoms with Gasteiger partial charge >= 0.3 is 0 Å². The SMILES string of the molecule is CC(C)(C)c1ccc(S(=O)(=O)N(CCC#N)Cc2ccco2)cc1. The third-order valence-corrected chi connectivity index (χ3v) is 5.60. The molecule has 2 aromatic rings. The summed E-state index contributed by atoms with van der Waals surface area (Å²) in [5.41, 5.74) is 1.02. The number of hydrogen-bond donors (Lipinski definition) is 0. The molecular formula is C18H22N2O3S. The number of benzene rings is 1. The van der Waals surface area contributed by atoms with Crippen molar-refractivity contribution in [2.75, 3.05) is 6.54 Å². The van der Waals surface area contributed by atoms with E-state index in [0.717, 1.165) is 5.56 Å². The van der Waals surface area contributed by atoms with E-state index in [1.54, 1.807) is 24.3 Å². The molecule has 128 valence electrons. The van der Waals surface area contributed by atoms with Crippen molar-refractivity contribution in [1.82, 2.24) is 4.31 Å². The number of sulfonamides is 1. The van der Waals surface area contributed by atoms with Gasteiger partial charge in [-0.15, -0.1) is 0 Å². The van der Waals surface area contributed by atoms with Crippen LogP contribution in [0.1, 0.15) is 38.5 Å². The molecule has 6 heteroatoms. The minimum atomic E-state index is -3.69. The summed E-state index contributed by atoms with van der Waals surface area (Å²) in [4.78, 5) is 0.222. The minimum Gasteiger partial charge on any atom is -0.468 e. The summed E-state index contributed by atoms with van der Waals surface area (Å²) in [6.45, 7) is 6.46. The van der Waals surface area contributed by atoms with Gasteiger partial charge in [-0.2, -0.15) is 9.57 Å². The van der Waals surface area contributed by atoms with E-state index in [4.69, 9.17) is 9.68 Å². The van der Waals surface area contributed by atoms with Crippen LogP contribution in [0.15, 0.2) is 52.0 Å². The second kappa shape index (κ2) is 7.20. The van der Waals surface area contributed by atoms with Gasteiger partial charge in [-0.3, -0.25) is 0 Å². The number of rotatable bonds is 6. The Kier molecular flexibility index (Phi) is 5.47. The standard InChI is InChI=1S/C18H22N2O3S/c1-18(2,3)15-7-9-17(10-8-15)24(21,22)20(12-5-11-19)14-16-6-4-13-23-16/h4,6-10,13H,5,12,14H2,1-3H3. The van der Waals surface area contributed by atoms with Crippen molar-refractivity contribution in [3.8, 4) is 6.07 Å². The predicted molar refractivity (Wildman–Crippen MR) is 91.7 cm³/mol. The Hall–Kier alpha value is -2.10. The molecule has 0 saturated heterocycles. The number of nitrogens with zero attached hydrogens (tertiary/aromatic N) is 2. The average molecular weight is 346 g/mol. The molecule has 0 saturated carbocycles. The largest absolute Gasteiger partial charge is 0.468 e. The lowest BCUT2D eigenvalue weighted by Crippen LogP contribution is -2.31. The summed E-state index contributed by atoms with van der Waals surface area (Å²) in [5, 5.41) is 8.81. The highest BCUT2D eigenvalue weighted by atomic mass is 32.2. The second-order valence-electron chi connectivity index (χ2n) is 6.60. The molecule has 0 amide bonds. The molecular weight excluding hydrogens is 324 g/mol. The van der Waals surface area contributed by atoms with Gasteiger partial charge in [0.2, 0.25) is 10.0 Å². The van der Waals surface area contributed by atoms with E-state index in [1.807, 2.05) is 18.2 Å². The first-order valence-electron chi connectivity index (χ1n) is 7.75. The highest BCUT2D eigenvalue weighted by Gasteiger charge is 2.26. The monoisotopic (exact) mass is 346 g/mol. The van der Waals surface area contributed by atoms with Crippen molar-refractivity contribution >= 4 is 10.0 Å². The summed E-state index contributed by atoms with van der Waals surface area (Å²) in [7, 11) is -3.69. The van der Waals surface area contributed by atoms with Gasteiger partial charge in [-0.05, 0) is 35.2 Å². The zero-order chi connectivity index (χ0) is 17.8. The third kappa shape index (κ3) is 4.25. The Morgan fingerprint density at radius 2 is 1.83 bits per heavy atom. The van der Waals surface area contributed by atoms with E-state index >= 15 is 0 Å². The topological polar surface area (TPSA) is 74.3 Å². The van der Waals surface area contributed by atoms with Crippen LogP contribution < -0.4 is 0 Å². The average Bonchev–Trinajstić information content (AvgIpc) is 3.03. The van der Waals surface area contributed by atoms with E-state index in [9.17, 15) is 8.42 Å². The third-order valence-electron chi connectivity index (χ3n) is 3.74. The van der Waals surface area contributed by atoms with Gasteiger partial charge in [0, 0.05) is 13.0 Å². The van der Waals surface area contributed by atoms with Crippen LogP contribution in [0.4, 0.5) is 0 Å². The van der Waals surface area contributed by atoms with Crippen LogP contribution in [0.2, 0.25) is 0 Å². The van der Waals surface area contributed by atoms with E-state index < -0.39 is 10.0 Å². The molecule has 1 heterocycles. The van der Waals surface area contributed by atoms with Gasteiger partial charge in [0.25, 0.3) is 0 Å². The van der Waals surface area contributed by atoms with Crippen molar-refractivity contribution in [3.63, 3.8) is 0 Å². The van der Waals surface area contributed by atoms with Crippen LogP contribution >= 0.6 is 0 Å². The summed E-state index contributed by atoms with van der Waals surface area (Å²) in [6.07, 6.45) is 1.63. The van der Waals surface area contributed by atoms with Crippen molar-refractivity contribution in [2.45, 2.75) is 44.0 Å². The molecule has 0 aliphatic rings. The van der Waals surface area contributed by atoms with Crippen LogP contribution in [0.5, 0.6) is 0 Å². The highest BCUT2D eigenvalue weighted by molar-refractivity contribution is 7.89. The molecule has 24 heavy (non-hydrogen) atoms. The van der Waals surface area contributed by atoms with Crippen LogP contribution in [-0.2, 0) is 22.0 Å². The molecule has 1 aromatic carbocycles. The van der Waals surface area contributed by atoms with Gasteiger partial charge in [0.15, 0.2) is 0 Å². The smallest absolute Gasteiger partial charge is 0.243 e. The quantitative estimate of drug-likeness (QED) is 0.799. The lowest BCUT2D eigenvalue weighted by molar-refractivity contribution is 0.368. The van der Waals surface area contributed by atoms with Crippen LogP contribution in [0.3, 0.4) is 0 Å². The van der Waals surface area contributed by atoms with E-state index in [2.05, 4.69) is 20.8 Å². The molecule has 2 rings (SSSR count). The Labute approximate surface area is 143 Å². The van der Waals surface area contributed by atoms with Crippen LogP contribution in [-0.4, -0.2) is 19.3 Å². The predicted octanol–water partition coefficient (Wildman–Crippen LogP) is 3.68. The number of furan rings is 1. The molecule has 0 atom stereocenters. The van der Waals surface area contributed by atoms with E-state index in [0.29, 0.717) is 5.76 Å². The normalized spacial score (nSPS) is 12.3. The van der Waals surface area contributed by atoms with E-state index in [-0.39, 0.29) is 29.8 Å². The van der Waals surface area contributed by atoms with Gasteiger partial charge in [0.1, 0.15) is 5.76 Å². The maximum Gasteiger partial charge on any atom is 0.243 e. The zero-order valence-corrected chi connectivity index (χ0v) is 15.0. The van der Waals surface area contributed by atoms with Crippen molar-refractivity contribution in [1.29, 1.82) is 5.26 Å². The summed E-state index contributed by atoms with van der Waals surface area (Å²) >= 11 is 0. The number of nitriles is 1. The van der Waals surface area contributed by atoms with Gasteiger partial charge in [0.05, 0.1) is 23.8 Å². The molecule has 0 fully saturated rings. The first-order chi connectivity index (χ1) is 11.2. The Morgan fingerprint density at radius 3 is 2.33 bits per heavy atom. The molecule has 0 N–H and O–H groups in total. The summed E-state index contributed by atoms with van der Waals surface area (Å²) in [6, 6.07) is 12.3. The fraction of sp³-hybridized carbons (Fsp3) is 0.389. The lowest BCUT2D eigenvalue weighted by atomic mass is 9.87. The number of hydrogen-bond acceptors (Lipinski definition) is 4. The molecule has 0 radical (unpaired) electrons. The summed E-state index contributed by atoms with van der Waals surface area (Å²) in [5.74, 6) is 0.544. The maximum absolute atomic E-state index is 12.9. The molecule has 1 aromatic heterocycles. The molecule has 5 nitrogen and oxygen atoms in total. The Balaban J connectivity index is 2.31. The zero-order valence-electron chi connectivity index (χ0n) is 14.2. The van der Waals surface area contributed by atoms with Gasteiger partial charge in [-0.1, -0.05) is 32.9 Å². The van der Waals surface area contributed by atoms with Crippen LogP contribution in [0.25, 0.3) is 0 Å². The van der Waals surface area contributed by atoms with Crippen molar-refractivity contribution in [3.05, 3.63) is 54.0 Å². The van der Waals surface area contributed by atoms with Gasteiger partial charge in [-0.25, -0.2) is 8.42 Å². The van der Waals surface area contributed by atoms with Crippen LogP contribution in [0, 0.1) is 11.3 Å². The van der Waals surface area contributed by atoms with E-state index in [1.165, 1.54) is 10.6 Å². The van der Waals surface area contributed by atoms with Crippen molar-refractivity contribution in [2.24, 2.45) is 0 Å². The highest BCUT2D eigenvalue weighted by Crippen LogP contribution is 2.25. The molecule has 0 aliphatic heterocycles.